The van der Waals surface area contributed by atoms with Gasteiger partial charge >= 0.3 is 6.03 Å². The summed E-state index contributed by atoms with van der Waals surface area (Å²) in [7, 11) is 1.53. The SMILES string of the molecule is CN(CCO)C(N)=O.Cl. The molecule has 0 aromatic heterocycles. The van der Waals surface area contributed by atoms with Gasteiger partial charge in [-0.25, -0.2) is 4.79 Å². The Labute approximate surface area is 60.0 Å². The lowest BCUT2D eigenvalue weighted by molar-refractivity contribution is 0.198. The molecule has 0 saturated carbocycles. The lowest BCUT2D eigenvalue weighted by Crippen LogP contribution is -2.33. The molecular weight excluding hydrogens is 144 g/mol. The van der Waals surface area contributed by atoms with Crippen LogP contribution in [0.1, 0.15) is 0 Å². The maximum Gasteiger partial charge on any atom is 0.314 e. The molecular formula is C4H11ClN2O2. The highest BCUT2D eigenvalue weighted by molar-refractivity contribution is 5.85. The van der Waals surface area contributed by atoms with E-state index in [1.807, 2.05) is 0 Å². The molecule has 0 fully saturated rings. The fraction of sp³-hybridized carbons (Fsp3) is 0.750. The minimum atomic E-state index is -0.515. The minimum Gasteiger partial charge on any atom is -0.395 e. The number of aliphatic hydroxyl groups excluding tert-OH is 1. The van der Waals surface area contributed by atoms with E-state index in [2.05, 4.69) is 0 Å². The Balaban J connectivity index is 0. The molecule has 4 nitrogen and oxygen atoms in total. The highest BCUT2D eigenvalue weighted by atomic mass is 35.5. The smallest absolute Gasteiger partial charge is 0.314 e. The van der Waals surface area contributed by atoms with Crippen molar-refractivity contribution in [2.75, 3.05) is 20.2 Å². The molecule has 3 N–H and O–H groups in total. The van der Waals surface area contributed by atoms with Gasteiger partial charge in [-0.2, -0.15) is 0 Å². The van der Waals surface area contributed by atoms with E-state index in [0.717, 1.165) is 0 Å². The first kappa shape index (κ1) is 11.3. The summed E-state index contributed by atoms with van der Waals surface area (Å²) in [4.78, 5) is 11.4. The monoisotopic (exact) mass is 154 g/mol. The van der Waals surface area contributed by atoms with Crippen LogP contribution in [0.3, 0.4) is 0 Å². The second kappa shape index (κ2) is 5.65. The van der Waals surface area contributed by atoms with Crippen LogP contribution in [0.25, 0.3) is 0 Å². The van der Waals surface area contributed by atoms with E-state index in [9.17, 15) is 4.79 Å². The number of halogens is 1. The van der Waals surface area contributed by atoms with Gasteiger partial charge in [0, 0.05) is 13.6 Å². The summed E-state index contributed by atoms with van der Waals surface area (Å²) >= 11 is 0. The van der Waals surface area contributed by atoms with Gasteiger partial charge in [0.25, 0.3) is 0 Å². The Kier molecular flexibility index (Phi) is 7.12. The number of hydrogen-bond acceptors (Lipinski definition) is 2. The van der Waals surface area contributed by atoms with Crippen molar-refractivity contribution in [2.45, 2.75) is 0 Å². The molecule has 0 aliphatic rings. The van der Waals surface area contributed by atoms with Crippen LogP contribution in [0.2, 0.25) is 0 Å². The number of carbonyl (C=O) groups excluding carboxylic acids is 1. The molecule has 0 rings (SSSR count). The van der Waals surface area contributed by atoms with E-state index < -0.39 is 6.03 Å². The van der Waals surface area contributed by atoms with Crippen molar-refractivity contribution in [1.82, 2.24) is 4.90 Å². The molecule has 2 amide bonds. The number of urea groups is 1. The van der Waals surface area contributed by atoms with Gasteiger partial charge in [-0.1, -0.05) is 0 Å². The van der Waals surface area contributed by atoms with Crippen LogP contribution in [0.5, 0.6) is 0 Å². The third kappa shape index (κ3) is 5.39. The Morgan fingerprint density at radius 1 is 1.78 bits per heavy atom. The largest absolute Gasteiger partial charge is 0.395 e. The third-order valence-corrected chi connectivity index (χ3v) is 0.812. The molecule has 0 heterocycles. The number of amides is 2. The number of hydrogen-bond donors (Lipinski definition) is 2. The summed E-state index contributed by atoms with van der Waals surface area (Å²) < 4.78 is 0. The quantitative estimate of drug-likeness (QED) is 0.559. The predicted molar refractivity (Wildman–Crippen MR) is 36.5 cm³/mol. The Hall–Kier alpha value is -0.480. The summed E-state index contributed by atoms with van der Waals surface area (Å²) in [5.74, 6) is 0. The van der Waals surface area contributed by atoms with E-state index in [-0.39, 0.29) is 19.0 Å². The van der Waals surface area contributed by atoms with E-state index in [1.165, 1.54) is 11.9 Å². The third-order valence-electron chi connectivity index (χ3n) is 0.812. The molecule has 0 aliphatic heterocycles. The van der Waals surface area contributed by atoms with Crippen molar-refractivity contribution >= 4 is 18.4 Å². The first-order chi connectivity index (χ1) is 3.68. The number of carbonyl (C=O) groups is 1. The second-order valence-corrected chi connectivity index (χ2v) is 1.48. The van der Waals surface area contributed by atoms with Gasteiger partial charge in [0.15, 0.2) is 0 Å². The molecule has 0 saturated heterocycles. The highest BCUT2D eigenvalue weighted by Crippen LogP contribution is 1.76. The van der Waals surface area contributed by atoms with Gasteiger partial charge in [0.1, 0.15) is 0 Å². The number of nitrogens with two attached hydrogens (primary N) is 1. The van der Waals surface area contributed by atoms with Gasteiger partial charge in [0.05, 0.1) is 6.61 Å². The zero-order valence-electron chi connectivity index (χ0n) is 5.20. The average Bonchev–Trinajstić information content (AvgIpc) is 1.67. The second-order valence-electron chi connectivity index (χ2n) is 1.48. The lowest BCUT2D eigenvalue weighted by atomic mass is 10.6. The number of nitrogens with zero attached hydrogens (tertiary/aromatic N) is 1. The van der Waals surface area contributed by atoms with Crippen molar-refractivity contribution in [2.24, 2.45) is 5.73 Å². The Morgan fingerprint density at radius 3 is 2.33 bits per heavy atom. The predicted octanol–water partition coefficient (Wildman–Crippen LogP) is -0.589. The summed E-state index contributed by atoms with van der Waals surface area (Å²) in [6, 6.07) is -0.515. The standard InChI is InChI=1S/C4H10N2O2.ClH/c1-6(2-3-7)4(5)8;/h7H,2-3H2,1H3,(H2,5,8);1H. The topological polar surface area (TPSA) is 66.6 Å². The van der Waals surface area contributed by atoms with Gasteiger partial charge < -0.3 is 15.7 Å². The van der Waals surface area contributed by atoms with Gasteiger partial charge in [-0.3, -0.25) is 0 Å². The van der Waals surface area contributed by atoms with Crippen LogP contribution >= 0.6 is 12.4 Å². The van der Waals surface area contributed by atoms with Crippen LogP contribution in [0, 0.1) is 0 Å². The zero-order chi connectivity index (χ0) is 6.57. The number of aliphatic hydroxyl groups is 1. The number of rotatable bonds is 2. The van der Waals surface area contributed by atoms with E-state index in [4.69, 9.17) is 10.8 Å². The number of primary amides is 1. The van der Waals surface area contributed by atoms with Crippen molar-refractivity contribution in [3.8, 4) is 0 Å². The van der Waals surface area contributed by atoms with Crippen LogP contribution in [0.15, 0.2) is 0 Å². The molecule has 0 aliphatic carbocycles. The first-order valence-corrected chi connectivity index (χ1v) is 2.30. The fourth-order valence-electron chi connectivity index (χ4n) is 0.260. The molecule has 0 atom stereocenters. The molecule has 0 bridgehead atoms. The number of likely N-dealkylation sites (N-methyl/N-ethyl adjacent to an activating group) is 1. The van der Waals surface area contributed by atoms with Crippen LogP contribution in [-0.2, 0) is 0 Å². The van der Waals surface area contributed by atoms with Crippen LogP contribution < -0.4 is 5.73 Å². The Bertz CT molecular complexity index is 88.6. The lowest BCUT2D eigenvalue weighted by Gasteiger charge is -2.10. The molecule has 0 aromatic carbocycles. The summed E-state index contributed by atoms with van der Waals surface area (Å²) in [6.07, 6.45) is 0. The Morgan fingerprint density at radius 2 is 2.22 bits per heavy atom. The summed E-state index contributed by atoms with van der Waals surface area (Å²) in [5.41, 5.74) is 4.80. The van der Waals surface area contributed by atoms with Crippen molar-refractivity contribution in [3.05, 3.63) is 0 Å². The maximum atomic E-state index is 10.1. The van der Waals surface area contributed by atoms with Crippen molar-refractivity contribution in [1.29, 1.82) is 0 Å². The molecule has 9 heavy (non-hydrogen) atoms. The van der Waals surface area contributed by atoms with Crippen molar-refractivity contribution in [3.63, 3.8) is 0 Å². The highest BCUT2D eigenvalue weighted by Gasteiger charge is 1.98. The van der Waals surface area contributed by atoms with Gasteiger partial charge in [0.2, 0.25) is 0 Å². The van der Waals surface area contributed by atoms with Gasteiger partial charge in [-0.15, -0.1) is 12.4 Å². The minimum absolute atomic E-state index is 0. The van der Waals surface area contributed by atoms with Crippen molar-refractivity contribution < 1.29 is 9.90 Å². The van der Waals surface area contributed by atoms with Gasteiger partial charge in [-0.05, 0) is 0 Å². The van der Waals surface area contributed by atoms with Crippen LogP contribution in [-0.4, -0.2) is 36.2 Å². The molecule has 0 unspecified atom stereocenters. The zero-order valence-corrected chi connectivity index (χ0v) is 6.02. The molecule has 5 heteroatoms. The molecule has 0 aromatic rings. The van der Waals surface area contributed by atoms with E-state index >= 15 is 0 Å². The molecule has 56 valence electrons. The van der Waals surface area contributed by atoms with Crippen LogP contribution in [0.4, 0.5) is 4.79 Å². The molecule has 0 spiro atoms. The van der Waals surface area contributed by atoms with E-state index in [0.29, 0.717) is 6.54 Å². The summed E-state index contributed by atoms with van der Waals surface area (Å²) in [6.45, 7) is 0.259. The first-order valence-electron chi connectivity index (χ1n) is 2.30. The van der Waals surface area contributed by atoms with E-state index in [1.54, 1.807) is 0 Å². The average molecular weight is 155 g/mol. The normalized spacial score (nSPS) is 7.78. The molecule has 0 radical (unpaired) electrons. The summed E-state index contributed by atoms with van der Waals surface area (Å²) in [5, 5.41) is 8.24. The maximum absolute atomic E-state index is 10.1. The fourth-order valence-corrected chi connectivity index (χ4v) is 0.260.